The minimum atomic E-state index is 0.520. The zero-order valence-corrected chi connectivity index (χ0v) is 12.4. The Morgan fingerprint density at radius 1 is 0.850 bits per heavy atom. The van der Waals surface area contributed by atoms with Gasteiger partial charge in [-0.3, -0.25) is 0 Å². The highest BCUT2D eigenvalue weighted by atomic mass is 79.9. The van der Waals surface area contributed by atoms with E-state index in [1.807, 2.05) is 54.7 Å². The molecule has 2 aromatic carbocycles. The molecule has 0 saturated carbocycles. The van der Waals surface area contributed by atoms with E-state index in [1.165, 1.54) is 0 Å². The van der Waals surface area contributed by atoms with Crippen LogP contribution in [0.5, 0.6) is 11.5 Å². The van der Waals surface area contributed by atoms with Crippen LogP contribution >= 0.6 is 15.9 Å². The molecule has 0 atom stereocenters. The van der Waals surface area contributed by atoms with Gasteiger partial charge in [-0.25, -0.2) is 0 Å². The molecule has 3 rings (SSSR count). The van der Waals surface area contributed by atoms with Gasteiger partial charge in [-0.1, -0.05) is 15.9 Å². The zero-order chi connectivity index (χ0) is 13.8. The Kier molecular flexibility index (Phi) is 3.92. The molecule has 0 spiro atoms. The summed E-state index contributed by atoms with van der Waals surface area (Å²) in [4.78, 5) is 3.16. The van der Waals surface area contributed by atoms with E-state index < -0.39 is 0 Å². The third-order valence-corrected chi connectivity index (χ3v) is 3.49. The van der Waals surface area contributed by atoms with E-state index in [4.69, 9.17) is 9.47 Å². The third kappa shape index (κ3) is 3.14. The topological polar surface area (TPSA) is 34.2 Å². The van der Waals surface area contributed by atoms with Crippen molar-refractivity contribution in [1.29, 1.82) is 0 Å². The van der Waals surface area contributed by atoms with Crippen LogP contribution < -0.4 is 9.47 Å². The number of hydrogen-bond acceptors (Lipinski definition) is 2. The van der Waals surface area contributed by atoms with E-state index in [9.17, 15) is 0 Å². The van der Waals surface area contributed by atoms with E-state index in [1.54, 1.807) is 0 Å². The molecule has 0 aliphatic heterocycles. The summed E-state index contributed by atoms with van der Waals surface area (Å²) < 4.78 is 12.3. The quantitative estimate of drug-likeness (QED) is 0.703. The van der Waals surface area contributed by atoms with Crippen molar-refractivity contribution in [3.63, 3.8) is 0 Å². The number of aromatic nitrogens is 1. The van der Waals surface area contributed by atoms with Crippen LogP contribution in [0.15, 0.2) is 59.2 Å². The van der Waals surface area contributed by atoms with Crippen molar-refractivity contribution < 1.29 is 9.47 Å². The summed E-state index contributed by atoms with van der Waals surface area (Å²) in [6.07, 6.45) is 1.92. The predicted octanol–water partition coefficient (Wildman–Crippen LogP) is 4.39. The Labute approximate surface area is 125 Å². The van der Waals surface area contributed by atoms with Crippen LogP contribution in [0.2, 0.25) is 0 Å². The van der Waals surface area contributed by atoms with Gasteiger partial charge in [0, 0.05) is 21.6 Å². The first-order valence-corrected chi connectivity index (χ1v) is 7.19. The average Bonchev–Trinajstić information content (AvgIpc) is 2.93. The third-order valence-electron chi connectivity index (χ3n) is 2.96. The van der Waals surface area contributed by atoms with Crippen molar-refractivity contribution in [2.75, 3.05) is 13.2 Å². The van der Waals surface area contributed by atoms with Gasteiger partial charge in [-0.05, 0) is 48.5 Å². The fraction of sp³-hybridized carbons (Fsp3) is 0.125. The molecule has 0 amide bonds. The van der Waals surface area contributed by atoms with Gasteiger partial charge in [-0.15, -0.1) is 0 Å². The van der Waals surface area contributed by atoms with Gasteiger partial charge in [-0.2, -0.15) is 0 Å². The van der Waals surface area contributed by atoms with Crippen LogP contribution in [0.25, 0.3) is 10.9 Å². The zero-order valence-electron chi connectivity index (χ0n) is 10.8. The average molecular weight is 332 g/mol. The first kappa shape index (κ1) is 13.1. The molecular weight excluding hydrogens is 318 g/mol. The van der Waals surface area contributed by atoms with Gasteiger partial charge in [0.05, 0.1) is 0 Å². The van der Waals surface area contributed by atoms with Crippen molar-refractivity contribution in [2.45, 2.75) is 0 Å². The lowest BCUT2D eigenvalue weighted by Gasteiger charge is -2.08. The van der Waals surface area contributed by atoms with E-state index in [-0.39, 0.29) is 0 Å². The smallest absolute Gasteiger partial charge is 0.122 e. The second-order valence-electron chi connectivity index (χ2n) is 4.38. The molecule has 20 heavy (non-hydrogen) atoms. The number of benzene rings is 2. The molecular formula is C16H14BrNO2. The molecule has 0 aliphatic rings. The molecule has 102 valence electrons. The minimum absolute atomic E-state index is 0.520. The summed E-state index contributed by atoms with van der Waals surface area (Å²) in [6, 6.07) is 15.8. The maximum atomic E-state index is 5.68. The summed E-state index contributed by atoms with van der Waals surface area (Å²) in [5.41, 5.74) is 1.11. The maximum Gasteiger partial charge on any atom is 0.122 e. The van der Waals surface area contributed by atoms with Gasteiger partial charge in [0.2, 0.25) is 0 Å². The first-order valence-electron chi connectivity index (χ1n) is 6.39. The normalized spacial score (nSPS) is 10.7. The number of fused-ring (bicyclic) bond motifs is 1. The van der Waals surface area contributed by atoms with E-state index in [0.717, 1.165) is 26.9 Å². The Balaban J connectivity index is 1.50. The molecule has 3 aromatic rings. The highest BCUT2D eigenvalue weighted by Gasteiger charge is 1.99. The number of hydrogen-bond donors (Lipinski definition) is 1. The lowest BCUT2D eigenvalue weighted by atomic mass is 10.2. The van der Waals surface area contributed by atoms with Crippen molar-refractivity contribution in [3.8, 4) is 11.5 Å². The van der Waals surface area contributed by atoms with Crippen molar-refractivity contribution in [1.82, 2.24) is 4.98 Å². The summed E-state index contributed by atoms with van der Waals surface area (Å²) in [6.45, 7) is 1.04. The van der Waals surface area contributed by atoms with E-state index in [0.29, 0.717) is 13.2 Å². The molecule has 3 nitrogen and oxygen atoms in total. The Bertz CT molecular complexity index is 691. The van der Waals surface area contributed by atoms with Crippen LogP contribution in [0, 0.1) is 0 Å². The largest absolute Gasteiger partial charge is 0.490 e. The Morgan fingerprint density at radius 2 is 1.55 bits per heavy atom. The van der Waals surface area contributed by atoms with Crippen LogP contribution in [-0.4, -0.2) is 18.2 Å². The second kappa shape index (κ2) is 6.01. The van der Waals surface area contributed by atoms with Crippen molar-refractivity contribution in [3.05, 3.63) is 59.2 Å². The summed E-state index contributed by atoms with van der Waals surface area (Å²) >= 11 is 3.39. The summed E-state index contributed by atoms with van der Waals surface area (Å²) in [5.74, 6) is 1.70. The number of H-pyrrole nitrogens is 1. The lowest BCUT2D eigenvalue weighted by Crippen LogP contribution is -2.08. The summed E-state index contributed by atoms with van der Waals surface area (Å²) in [5, 5.41) is 1.15. The van der Waals surface area contributed by atoms with Crippen LogP contribution in [0.3, 0.4) is 0 Å². The van der Waals surface area contributed by atoms with Gasteiger partial charge in [0.25, 0.3) is 0 Å². The number of aromatic amines is 1. The van der Waals surface area contributed by atoms with E-state index in [2.05, 4.69) is 20.9 Å². The Morgan fingerprint density at radius 3 is 2.35 bits per heavy atom. The maximum absolute atomic E-state index is 5.68. The molecule has 0 fully saturated rings. The molecule has 1 N–H and O–H groups in total. The first-order chi connectivity index (χ1) is 9.81. The molecule has 0 unspecified atom stereocenters. The molecule has 1 aromatic heterocycles. The van der Waals surface area contributed by atoms with Crippen molar-refractivity contribution in [2.24, 2.45) is 0 Å². The lowest BCUT2D eigenvalue weighted by molar-refractivity contribution is 0.217. The monoisotopic (exact) mass is 331 g/mol. The number of halogens is 1. The highest BCUT2D eigenvalue weighted by Crippen LogP contribution is 2.20. The summed E-state index contributed by atoms with van der Waals surface area (Å²) in [7, 11) is 0. The standard InChI is InChI=1S/C16H14BrNO2/c17-13-1-3-14(4-2-13)19-9-10-20-15-5-6-16-12(11-15)7-8-18-16/h1-8,11,18H,9-10H2. The molecule has 0 radical (unpaired) electrons. The predicted molar refractivity (Wildman–Crippen MR) is 83.4 cm³/mol. The molecule has 4 heteroatoms. The SMILES string of the molecule is Brc1ccc(OCCOc2ccc3[nH]ccc3c2)cc1. The van der Waals surface area contributed by atoms with Crippen LogP contribution in [-0.2, 0) is 0 Å². The second-order valence-corrected chi connectivity index (χ2v) is 5.29. The Hall–Kier alpha value is -1.94. The number of ether oxygens (including phenoxy) is 2. The van der Waals surface area contributed by atoms with Crippen molar-refractivity contribution >= 4 is 26.8 Å². The number of rotatable bonds is 5. The van der Waals surface area contributed by atoms with Gasteiger partial charge < -0.3 is 14.5 Å². The minimum Gasteiger partial charge on any atom is -0.490 e. The fourth-order valence-corrected chi connectivity index (χ4v) is 2.24. The fourth-order valence-electron chi connectivity index (χ4n) is 1.97. The molecule has 1 heterocycles. The van der Waals surface area contributed by atoms with Crippen LogP contribution in [0.1, 0.15) is 0 Å². The molecule has 0 saturated heterocycles. The van der Waals surface area contributed by atoms with Crippen LogP contribution in [0.4, 0.5) is 0 Å². The number of nitrogens with one attached hydrogen (secondary N) is 1. The molecule has 0 aliphatic carbocycles. The molecule has 0 bridgehead atoms. The van der Waals surface area contributed by atoms with E-state index >= 15 is 0 Å². The van der Waals surface area contributed by atoms with Gasteiger partial charge >= 0.3 is 0 Å². The highest BCUT2D eigenvalue weighted by molar-refractivity contribution is 9.10. The van der Waals surface area contributed by atoms with Gasteiger partial charge in [0.1, 0.15) is 24.7 Å². The van der Waals surface area contributed by atoms with Gasteiger partial charge in [0.15, 0.2) is 0 Å².